The lowest BCUT2D eigenvalue weighted by atomic mass is 9.74. The summed E-state index contributed by atoms with van der Waals surface area (Å²) in [5.41, 5.74) is 7.50. The number of halogens is 1. The summed E-state index contributed by atoms with van der Waals surface area (Å²) in [5.74, 6) is 1.82. The zero-order chi connectivity index (χ0) is 12.8. The second-order valence-corrected chi connectivity index (χ2v) is 6.88. The van der Waals surface area contributed by atoms with Crippen molar-refractivity contribution in [2.24, 2.45) is 11.7 Å². The van der Waals surface area contributed by atoms with Crippen molar-refractivity contribution in [1.82, 2.24) is 0 Å². The highest BCUT2D eigenvalue weighted by molar-refractivity contribution is 9.10. The van der Waals surface area contributed by atoms with Gasteiger partial charge in [-0.05, 0) is 43.7 Å². The van der Waals surface area contributed by atoms with E-state index >= 15 is 0 Å². The SMILES string of the molecule is CC1CCC2(CC1)C[C@@H](N)c1ccc(Br)cc1O2. The minimum absolute atomic E-state index is 0.000278. The van der Waals surface area contributed by atoms with Crippen LogP contribution in [0.2, 0.25) is 0 Å². The van der Waals surface area contributed by atoms with E-state index in [1.165, 1.54) is 12.8 Å². The van der Waals surface area contributed by atoms with Gasteiger partial charge in [-0.3, -0.25) is 0 Å². The highest BCUT2D eigenvalue weighted by Crippen LogP contribution is 2.46. The normalized spacial score (nSPS) is 35.1. The number of hydrogen-bond acceptors (Lipinski definition) is 2. The van der Waals surface area contributed by atoms with Crippen LogP contribution in [0.5, 0.6) is 5.75 Å². The van der Waals surface area contributed by atoms with E-state index in [-0.39, 0.29) is 11.6 Å². The summed E-state index contributed by atoms with van der Waals surface area (Å²) in [6, 6.07) is 6.31. The highest BCUT2D eigenvalue weighted by Gasteiger charge is 2.41. The van der Waals surface area contributed by atoms with Gasteiger partial charge in [0.15, 0.2) is 0 Å². The van der Waals surface area contributed by atoms with E-state index in [0.717, 1.165) is 41.0 Å². The molecule has 0 saturated heterocycles. The monoisotopic (exact) mass is 309 g/mol. The van der Waals surface area contributed by atoms with Crippen molar-refractivity contribution < 1.29 is 4.74 Å². The Labute approximate surface area is 117 Å². The summed E-state index contributed by atoms with van der Waals surface area (Å²) in [6.07, 6.45) is 5.78. The Bertz CT molecular complexity index is 452. The van der Waals surface area contributed by atoms with E-state index < -0.39 is 0 Å². The number of rotatable bonds is 0. The zero-order valence-corrected chi connectivity index (χ0v) is 12.4. The van der Waals surface area contributed by atoms with Gasteiger partial charge in [-0.25, -0.2) is 0 Å². The number of ether oxygens (including phenoxy) is 1. The van der Waals surface area contributed by atoms with Crippen LogP contribution >= 0.6 is 15.9 Å². The van der Waals surface area contributed by atoms with Gasteiger partial charge in [0.1, 0.15) is 11.4 Å². The van der Waals surface area contributed by atoms with Gasteiger partial charge >= 0.3 is 0 Å². The first-order valence-corrected chi connectivity index (χ1v) is 7.61. The van der Waals surface area contributed by atoms with Crippen LogP contribution in [0, 0.1) is 5.92 Å². The second-order valence-electron chi connectivity index (χ2n) is 5.96. The van der Waals surface area contributed by atoms with E-state index in [9.17, 15) is 0 Å². The Kier molecular flexibility index (Phi) is 3.15. The second kappa shape index (κ2) is 4.53. The molecule has 0 bridgehead atoms. The van der Waals surface area contributed by atoms with Crippen molar-refractivity contribution >= 4 is 15.9 Å². The van der Waals surface area contributed by atoms with Crippen LogP contribution in [0.3, 0.4) is 0 Å². The molecule has 0 unspecified atom stereocenters. The van der Waals surface area contributed by atoms with E-state index in [0.29, 0.717) is 0 Å². The molecule has 2 aliphatic rings. The van der Waals surface area contributed by atoms with Gasteiger partial charge in [0.2, 0.25) is 0 Å². The molecule has 1 fully saturated rings. The smallest absolute Gasteiger partial charge is 0.126 e. The van der Waals surface area contributed by atoms with Gasteiger partial charge in [-0.15, -0.1) is 0 Å². The maximum absolute atomic E-state index is 6.35. The quantitative estimate of drug-likeness (QED) is 0.780. The Morgan fingerprint density at radius 2 is 2.06 bits per heavy atom. The van der Waals surface area contributed by atoms with Crippen molar-refractivity contribution in [2.75, 3.05) is 0 Å². The van der Waals surface area contributed by atoms with E-state index in [1.807, 2.05) is 6.07 Å². The number of benzene rings is 1. The summed E-state index contributed by atoms with van der Waals surface area (Å²) in [4.78, 5) is 0. The molecule has 3 rings (SSSR count). The van der Waals surface area contributed by atoms with E-state index in [4.69, 9.17) is 10.5 Å². The molecule has 3 heteroatoms. The van der Waals surface area contributed by atoms with Gasteiger partial charge < -0.3 is 10.5 Å². The standard InChI is InChI=1S/C15H20BrNO/c1-10-4-6-15(7-5-10)9-13(17)12-3-2-11(16)8-14(12)18-15/h2-3,8,10,13H,4-7,9,17H2,1H3/t10?,13-,15?/m1/s1. The third kappa shape index (κ3) is 2.19. The molecule has 1 aromatic rings. The van der Waals surface area contributed by atoms with Crippen molar-refractivity contribution in [2.45, 2.75) is 50.7 Å². The predicted octanol–water partition coefficient (Wildman–Crippen LogP) is 4.18. The van der Waals surface area contributed by atoms with Crippen LogP contribution in [0.4, 0.5) is 0 Å². The van der Waals surface area contributed by atoms with Crippen molar-refractivity contribution in [3.8, 4) is 5.75 Å². The van der Waals surface area contributed by atoms with E-state index in [1.54, 1.807) is 0 Å². The summed E-state index contributed by atoms with van der Waals surface area (Å²) in [6.45, 7) is 2.33. The van der Waals surface area contributed by atoms with Crippen LogP contribution in [0.25, 0.3) is 0 Å². The molecular formula is C15H20BrNO. The fourth-order valence-corrected chi connectivity index (χ4v) is 3.62. The molecule has 1 aromatic carbocycles. The first kappa shape index (κ1) is 12.5. The number of hydrogen-bond donors (Lipinski definition) is 1. The van der Waals surface area contributed by atoms with Gasteiger partial charge in [0.25, 0.3) is 0 Å². The highest BCUT2D eigenvalue weighted by atomic mass is 79.9. The average Bonchev–Trinajstić information content (AvgIpc) is 2.33. The molecule has 1 saturated carbocycles. The van der Waals surface area contributed by atoms with Crippen LogP contribution in [-0.2, 0) is 0 Å². The summed E-state index contributed by atoms with van der Waals surface area (Å²) >= 11 is 3.51. The minimum Gasteiger partial charge on any atom is -0.487 e. The lowest BCUT2D eigenvalue weighted by Crippen LogP contribution is -2.45. The first-order chi connectivity index (χ1) is 8.58. The Morgan fingerprint density at radius 3 is 2.78 bits per heavy atom. The van der Waals surface area contributed by atoms with Crippen LogP contribution in [0.1, 0.15) is 50.6 Å². The molecule has 0 amide bonds. The summed E-state index contributed by atoms with van der Waals surface area (Å²) in [7, 11) is 0. The molecule has 2 N–H and O–H groups in total. The summed E-state index contributed by atoms with van der Waals surface area (Å²) < 4.78 is 7.41. The molecule has 1 aliphatic carbocycles. The van der Waals surface area contributed by atoms with E-state index in [2.05, 4.69) is 35.0 Å². The van der Waals surface area contributed by atoms with Crippen LogP contribution < -0.4 is 10.5 Å². The third-order valence-electron chi connectivity index (χ3n) is 4.48. The lowest BCUT2D eigenvalue weighted by Gasteiger charge is -2.45. The van der Waals surface area contributed by atoms with Crippen molar-refractivity contribution in [1.29, 1.82) is 0 Å². The van der Waals surface area contributed by atoms with Crippen molar-refractivity contribution in [3.63, 3.8) is 0 Å². The largest absolute Gasteiger partial charge is 0.487 e. The third-order valence-corrected chi connectivity index (χ3v) is 4.97. The molecule has 18 heavy (non-hydrogen) atoms. The van der Waals surface area contributed by atoms with Crippen molar-refractivity contribution in [3.05, 3.63) is 28.2 Å². The fourth-order valence-electron chi connectivity index (χ4n) is 3.28. The van der Waals surface area contributed by atoms with Gasteiger partial charge in [-0.1, -0.05) is 28.9 Å². The average molecular weight is 310 g/mol. The van der Waals surface area contributed by atoms with Gasteiger partial charge in [0, 0.05) is 22.5 Å². The zero-order valence-electron chi connectivity index (χ0n) is 10.8. The van der Waals surface area contributed by atoms with Gasteiger partial charge in [0.05, 0.1) is 0 Å². The maximum atomic E-state index is 6.35. The number of fused-ring (bicyclic) bond motifs is 1. The molecule has 0 radical (unpaired) electrons. The maximum Gasteiger partial charge on any atom is 0.126 e. The topological polar surface area (TPSA) is 35.2 Å². The minimum atomic E-state index is -0.000278. The molecule has 2 nitrogen and oxygen atoms in total. The summed E-state index contributed by atoms with van der Waals surface area (Å²) in [5, 5.41) is 0. The Balaban J connectivity index is 1.90. The molecule has 98 valence electrons. The van der Waals surface area contributed by atoms with Crippen LogP contribution in [-0.4, -0.2) is 5.60 Å². The van der Waals surface area contributed by atoms with Gasteiger partial charge in [-0.2, -0.15) is 0 Å². The fraction of sp³-hybridized carbons (Fsp3) is 0.600. The lowest BCUT2D eigenvalue weighted by molar-refractivity contribution is -0.00858. The molecule has 1 spiro atoms. The molecular weight excluding hydrogens is 290 g/mol. The number of nitrogens with two attached hydrogens (primary N) is 1. The Hall–Kier alpha value is -0.540. The molecule has 0 aromatic heterocycles. The first-order valence-electron chi connectivity index (χ1n) is 6.82. The predicted molar refractivity (Wildman–Crippen MR) is 76.7 cm³/mol. The molecule has 1 aliphatic heterocycles. The Morgan fingerprint density at radius 1 is 1.33 bits per heavy atom. The van der Waals surface area contributed by atoms with Crippen LogP contribution in [0.15, 0.2) is 22.7 Å². The molecule has 1 heterocycles. The molecule has 1 atom stereocenters.